The highest BCUT2D eigenvalue weighted by atomic mass is 127. The molecule has 0 unspecified atom stereocenters. The first-order valence-corrected chi connectivity index (χ1v) is 5.59. The van der Waals surface area contributed by atoms with E-state index in [1.54, 1.807) is 22.6 Å². The zero-order valence-corrected chi connectivity index (χ0v) is 11.2. The summed E-state index contributed by atoms with van der Waals surface area (Å²) in [6, 6.07) is 0. The van der Waals surface area contributed by atoms with Gasteiger partial charge in [0, 0.05) is 21.9 Å². The lowest BCUT2D eigenvalue weighted by atomic mass is 10.2. The van der Waals surface area contributed by atoms with Gasteiger partial charge < -0.3 is 15.2 Å². The highest BCUT2D eigenvalue weighted by Gasteiger charge is 2.33. The van der Waals surface area contributed by atoms with Crippen molar-refractivity contribution in [1.29, 1.82) is 0 Å². The van der Waals surface area contributed by atoms with Crippen LogP contribution < -0.4 is 10.5 Å². The third-order valence-corrected chi connectivity index (χ3v) is 3.12. The SMILES string of the molecule is COC(=O)c1cnc(OC(F)(F)F)c(CN)c1I. The van der Waals surface area contributed by atoms with Crippen LogP contribution in [0.4, 0.5) is 13.2 Å². The zero-order valence-electron chi connectivity index (χ0n) is 9.05. The number of esters is 1. The van der Waals surface area contributed by atoms with Crippen molar-refractivity contribution in [2.45, 2.75) is 12.9 Å². The molecule has 1 aromatic rings. The van der Waals surface area contributed by atoms with Gasteiger partial charge in [0.15, 0.2) is 0 Å². The second-order valence-corrected chi connectivity index (χ2v) is 4.09. The van der Waals surface area contributed by atoms with E-state index >= 15 is 0 Å². The number of rotatable bonds is 3. The van der Waals surface area contributed by atoms with Crippen molar-refractivity contribution in [2.75, 3.05) is 7.11 Å². The Labute approximate surface area is 114 Å². The fourth-order valence-electron chi connectivity index (χ4n) is 1.14. The van der Waals surface area contributed by atoms with Crippen molar-refractivity contribution >= 4 is 28.6 Å². The van der Waals surface area contributed by atoms with Crippen LogP contribution in [-0.2, 0) is 11.3 Å². The molecule has 0 aliphatic carbocycles. The fourth-order valence-corrected chi connectivity index (χ4v) is 1.95. The Morgan fingerprint density at radius 2 is 2.17 bits per heavy atom. The van der Waals surface area contributed by atoms with E-state index in [2.05, 4.69) is 14.5 Å². The van der Waals surface area contributed by atoms with Crippen LogP contribution in [0.5, 0.6) is 5.88 Å². The average Bonchev–Trinajstić information content (AvgIpc) is 2.26. The first-order chi connectivity index (χ1) is 8.30. The molecular weight excluding hydrogens is 368 g/mol. The van der Waals surface area contributed by atoms with Gasteiger partial charge >= 0.3 is 12.3 Å². The number of nitrogens with two attached hydrogens (primary N) is 1. The molecule has 0 fully saturated rings. The predicted octanol–water partition coefficient (Wildman–Crippen LogP) is 1.83. The monoisotopic (exact) mass is 376 g/mol. The van der Waals surface area contributed by atoms with Gasteiger partial charge in [-0.15, -0.1) is 13.2 Å². The molecule has 9 heteroatoms. The van der Waals surface area contributed by atoms with E-state index in [4.69, 9.17) is 5.73 Å². The number of nitrogens with zero attached hydrogens (tertiary/aromatic N) is 1. The van der Waals surface area contributed by atoms with E-state index in [0.29, 0.717) is 0 Å². The van der Waals surface area contributed by atoms with E-state index in [-0.39, 0.29) is 21.2 Å². The number of halogens is 4. The topological polar surface area (TPSA) is 74.4 Å². The normalized spacial score (nSPS) is 11.2. The lowest BCUT2D eigenvalue weighted by Gasteiger charge is -2.14. The van der Waals surface area contributed by atoms with Crippen LogP contribution in [0.15, 0.2) is 6.20 Å². The Morgan fingerprint density at radius 3 is 2.61 bits per heavy atom. The fraction of sp³-hybridized carbons (Fsp3) is 0.333. The van der Waals surface area contributed by atoms with Gasteiger partial charge in [0.1, 0.15) is 0 Å². The molecule has 0 aliphatic heterocycles. The summed E-state index contributed by atoms with van der Waals surface area (Å²) in [7, 11) is 1.15. The molecule has 18 heavy (non-hydrogen) atoms. The van der Waals surface area contributed by atoms with Crippen molar-refractivity contribution in [3.8, 4) is 5.88 Å². The van der Waals surface area contributed by atoms with Crippen LogP contribution in [0.3, 0.4) is 0 Å². The molecule has 0 amide bonds. The standard InChI is InChI=1S/C9H8F3IN2O3/c1-17-8(16)5-3-15-7(18-9(10,11)12)4(2-14)6(5)13/h3H,2,14H2,1H3. The quantitative estimate of drug-likeness (QED) is 0.644. The Balaban J connectivity index is 3.25. The van der Waals surface area contributed by atoms with Gasteiger partial charge in [-0.3, -0.25) is 0 Å². The average molecular weight is 376 g/mol. The molecule has 0 spiro atoms. The maximum atomic E-state index is 12.1. The molecular formula is C9H8F3IN2O3. The summed E-state index contributed by atoms with van der Waals surface area (Å²) in [5, 5.41) is 0. The van der Waals surface area contributed by atoms with Crippen molar-refractivity contribution in [2.24, 2.45) is 5.73 Å². The van der Waals surface area contributed by atoms with Gasteiger partial charge in [-0.05, 0) is 22.6 Å². The van der Waals surface area contributed by atoms with Gasteiger partial charge in [0.2, 0.25) is 5.88 Å². The van der Waals surface area contributed by atoms with Crippen molar-refractivity contribution < 1.29 is 27.4 Å². The number of methoxy groups -OCH3 is 1. The van der Waals surface area contributed by atoms with Gasteiger partial charge in [-0.1, -0.05) is 0 Å². The summed E-state index contributed by atoms with van der Waals surface area (Å²) < 4.78 is 44.8. The number of alkyl halides is 3. The molecule has 100 valence electrons. The van der Waals surface area contributed by atoms with Crippen LogP contribution in [0.2, 0.25) is 0 Å². The van der Waals surface area contributed by atoms with Crippen LogP contribution >= 0.6 is 22.6 Å². The first-order valence-electron chi connectivity index (χ1n) is 4.51. The van der Waals surface area contributed by atoms with Crippen molar-refractivity contribution in [3.63, 3.8) is 0 Å². The number of ether oxygens (including phenoxy) is 2. The number of hydrogen-bond acceptors (Lipinski definition) is 5. The second-order valence-electron chi connectivity index (χ2n) is 3.01. The minimum Gasteiger partial charge on any atom is -0.465 e. The van der Waals surface area contributed by atoms with E-state index in [0.717, 1.165) is 13.3 Å². The smallest absolute Gasteiger partial charge is 0.465 e. The number of hydrogen-bond donors (Lipinski definition) is 1. The Hall–Kier alpha value is -1.10. The third-order valence-electron chi connectivity index (χ3n) is 1.89. The molecule has 0 aromatic carbocycles. The highest BCUT2D eigenvalue weighted by Crippen LogP contribution is 2.29. The number of pyridine rings is 1. The lowest BCUT2D eigenvalue weighted by Crippen LogP contribution is -2.21. The molecule has 0 atom stereocenters. The highest BCUT2D eigenvalue weighted by molar-refractivity contribution is 14.1. The maximum Gasteiger partial charge on any atom is 0.574 e. The van der Waals surface area contributed by atoms with Gasteiger partial charge in [0.05, 0.1) is 12.7 Å². The molecule has 0 radical (unpaired) electrons. The Bertz CT molecular complexity index is 465. The second kappa shape index (κ2) is 5.69. The van der Waals surface area contributed by atoms with E-state index in [1.807, 2.05) is 0 Å². The molecule has 2 N–H and O–H groups in total. The summed E-state index contributed by atoms with van der Waals surface area (Å²) in [6.07, 6.45) is -3.92. The third kappa shape index (κ3) is 3.45. The molecule has 1 heterocycles. The largest absolute Gasteiger partial charge is 0.574 e. The zero-order chi connectivity index (χ0) is 13.9. The van der Waals surface area contributed by atoms with Gasteiger partial charge in [-0.25, -0.2) is 9.78 Å². The van der Waals surface area contributed by atoms with Crippen molar-refractivity contribution in [1.82, 2.24) is 4.98 Å². The summed E-state index contributed by atoms with van der Waals surface area (Å²) in [5.41, 5.74) is 5.37. The first kappa shape index (κ1) is 15.0. The van der Waals surface area contributed by atoms with Gasteiger partial charge in [-0.2, -0.15) is 0 Å². The molecule has 5 nitrogen and oxygen atoms in total. The Kier molecular flexibility index (Phi) is 4.73. The number of aromatic nitrogens is 1. The summed E-state index contributed by atoms with van der Waals surface area (Å²) in [4.78, 5) is 14.8. The van der Waals surface area contributed by atoms with Crippen LogP contribution in [0, 0.1) is 3.57 Å². The summed E-state index contributed by atoms with van der Waals surface area (Å²) in [5.74, 6) is -1.37. The van der Waals surface area contributed by atoms with E-state index in [9.17, 15) is 18.0 Å². The predicted molar refractivity (Wildman–Crippen MR) is 62.9 cm³/mol. The lowest BCUT2D eigenvalue weighted by molar-refractivity contribution is -0.276. The number of carbonyl (C=O) groups is 1. The Morgan fingerprint density at radius 1 is 1.56 bits per heavy atom. The van der Waals surface area contributed by atoms with Crippen LogP contribution in [0.1, 0.15) is 15.9 Å². The van der Waals surface area contributed by atoms with Crippen molar-refractivity contribution in [3.05, 3.63) is 20.9 Å². The van der Waals surface area contributed by atoms with Crippen LogP contribution in [-0.4, -0.2) is 24.4 Å². The molecule has 0 bridgehead atoms. The minimum atomic E-state index is -4.87. The molecule has 1 rings (SSSR count). The maximum absolute atomic E-state index is 12.1. The molecule has 0 saturated heterocycles. The van der Waals surface area contributed by atoms with Gasteiger partial charge in [0.25, 0.3) is 0 Å². The number of carbonyl (C=O) groups excluding carboxylic acids is 1. The summed E-state index contributed by atoms with van der Waals surface area (Å²) in [6.45, 7) is -0.248. The minimum absolute atomic E-state index is 0.00387. The van der Waals surface area contributed by atoms with Crippen LogP contribution in [0.25, 0.3) is 0 Å². The molecule has 1 aromatic heterocycles. The molecule has 0 saturated carbocycles. The summed E-state index contributed by atoms with van der Waals surface area (Å²) >= 11 is 1.69. The van der Waals surface area contributed by atoms with E-state index in [1.165, 1.54) is 0 Å². The molecule has 0 aliphatic rings. The van der Waals surface area contributed by atoms with E-state index < -0.39 is 18.2 Å².